The average Bonchev–Trinajstić information content (AvgIpc) is 3.55. The number of anilines is 1. The zero-order chi connectivity index (χ0) is 27.5. The molecule has 0 aromatic heterocycles. The van der Waals surface area contributed by atoms with Gasteiger partial charge in [-0.15, -0.1) is 0 Å². The van der Waals surface area contributed by atoms with E-state index in [1.165, 1.54) is 18.2 Å². The number of aryl methyl sites for hydroxylation is 2. The standard InChI is InChI=1S/C28H25F4NO4S/c1-17-2-4-19(5-3-17)27(35,25(34)33-21-7-9-24-18(14-21)10-13-38(24,36)37)16-26(11-12-26)22-15-20(28(30,31)32)6-8-23(22)29/h2-9,14-15,35H,10-13,16H2,1H3,(H,33,34). The van der Waals surface area contributed by atoms with Crippen LogP contribution in [0, 0.1) is 12.7 Å². The van der Waals surface area contributed by atoms with E-state index in [9.17, 15) is 35.9 Å². The third-order valence-corrected chi connectivity index (χ3v) is 9.32. The highest BCUT2D eigenvalue weighted by atomic mass is 32.2. The molecular weight excluding hydrogens is 522 g/mol. The number of nitrogens with one attached hydrogen (secondary N) is 1. The van der Waals surface area contributed by atoms with Gasteiger partial charge in [-0.05, 0) is 85.7 Å². The van der Waals surface area contributed by atoms with Crippen molar-refractivity contribution in [3.63, 3.8) is 0 Å². The van der Waals surface area contributed by atoms with Crippen molar-refractivity contribution in [1.82, 2.24) is 0 Å². The molecule has 10 heteroatoms. The second-order valence-corrected chi connectivity index (χ2v) is 12.3. The molecule has 5 nitrogen and oxygen atoms in total. The summed E-state index contributed by atoms with van der Waals surface area (Å²) in [6, 6.07) is 13.1. The van der Waals surface area contributed by atoms with Gasteiger partial charge in [0.05, 0.1) is 16.2 Å². The molecule has 1 heterocycles. The van der Waals surface area contributed by atoms with Crippen LogP contribution in [0.25, 0.3) is 0 Å². The second-order valence-electron chi connectivity index (χ2n) is 10.2. The van der Waals surface area contributed by atoms with Crippen LogP contribution in [0.3, 0.4) is 0 Å². The van der Waals surface area contributed by atoms with Gasteiger partial charge in [0, 0.05) is 11.1 Å². The van der Waals surface area contributed by atoms with Crippen LogP contribution in [0.4, 0.5) is 23.2 Å². The van der Waals surface area contributed by atoms with Crippen molar-refractivity contribution in [2.75, 3.05) is 11.1 Å². The molecule has 2 aliphatic rings. The van der Waals surface area contributed by atoms with Gasteiger partial charge in [0.15, 0.2) is 15.4 Å². The molecule has 1 fully saturated rings. The summed E-state index contributed by atoms with van der Waals surface area (Å²) in [4.78, 5) is 13.8. The summed E-state index contributed by atoms with van der Waals surface area (Å²) in [6.07, 6.45) is -4.13. The molecule has 0 radical (unpaired) electrons. The molecule has 5 rings (SSSR count). The minimum Gasteiger partial charge on any atom is -0.375 e. The zero-order valence-electron chi connectivity index (χ0n) is 20.4. The van der Waals surface area contributed by atoms with Gasteiger partial charge >= 0.3 is 6.18 Å². The van der Waals surface area contributed by atoms with Crippen LogP contribution in [0.15, 0.2) is 65.6 Å². The first-order valence-electron chi connectivity index (χ1n) is 12.1. The van der Waals surface area contributed by atoms with E-state index in [4.69, 9.17) is 0 Å². The van der Waals surface area contributed by atoms with Gasteiger partial charge in [-0.3, -0.25) is 4.79 Å². The lowest BCUT2D eigenvalue weighted by atomic mass is 9.78. The SMILES string of the molecule is Cc1ccc(C(O)(CC2(c3cc(C(F)(F)F)ccc3F)CC2)C(=O)Nc2ccc3c(c2)CCS3(=O)=O)cc1. The highest BCUT2D eigenvalue weighted by molar-refractivity contribution is 7.91. The van der Waals surface area contributed by atoms with E-state index in [2.05, 4.69) is 5.32 Å². The number of alkyl halides is 3. The lowest BCUT2D eigenvalue weighted by Gasteiger charge is -2.32. The van der Waals surface area contributed by atoms with Crippen molar-refractivity contribution < 1.29 is 35.9 Å². The Balaban J connectivity index is 1.52. The number of hydrogen-bond donors (Lipinski definition) is 2. The zero-order valence-corrected chi connectivity index (χ0v) is 21.2. The van der Waals surface area contributed by atoms with Crippen LogP contribution in [0.1, 0.15) is 47.1 Å². The number of aliphatic hydroxyl groups is 1. The van der Waals surface area contributed by atoms with Crippen molar-refractivity contribution in [2.45, 2.75) is 54.7 Å². The summed E-state index contributed by atoms with van der Waals surface area (Å²) in [5.74, 6) is -1.71. The fourth-order valence-corrected chi connectivity index (χ4v) is 6.72. The van der Waals surface area contributed by atoms with Crippen molar-refractivity contribution >= 4 is 21.4 Å². The molecule has 1 aliphatic carbocycles. The lowest BCUT2D eigenvalue weighted by Crippen LogP contribution is -2.43. The number of carbonyl (C=O) groups excluding carboxylic acids is 1. The number of benzene rings is 3. The van der Waals surface area contributed by atoms with E-state index in [-0.39, 0.29) is 33.9 Å². The van der Waals surface area contributed by atoms with E-state index >= 15 is 0 Å². The predicted molar refractivity (Wildman–Crippen MR) is 133 cm³/mol. The molecule has 38 heavy (non-hydrogen) atoms. The van der Waals surface area contributed by atoms with Crippen molar-refractivity contribution in [3.05, 3.63) is 94.3 Å². The van der Waals surface area contributed by atoms with Gasteiger partial charge in [-0.2, -0.15) is 13.2 Å². The Bertz CT molecular complexity index is 1530. The Morgan fingerprint density at radius 2 is 1.66 bits per heavy atom. The first-order valence-corrected chi connectivity index (χ1v) is 13.7. The molecule has 1 saturated carbocycles. The van der Waals surface area contributed by atoms with Crippen LogP contribution < -0.4 is 5.32 Å². The minimum atomic E-state index is -4.68. The van der Waals surface area contributed by atoms with Crippen LogP contribution >= 0.6 is 0 Å². The van der Waals surface area contributed by atoms with E-state index in [0.717, 1.165) is 17.7 Å². The molecular formula is C28H25F4NO4S. The molecule has 0 saturated heterocycles. The molecule has 200 valence electrons. The molecule has 2 N–H and O–H groups in total. The monoisotopic (exact) mass is 547 g/mol. The highest BCUT2D eigenvalue weighted by Gasteiger charge is 2.54. The van der Waals surface area contributed by atoms with Gasteiger partial charge in [0.25, 0.3) is 5.91 Å². The van der Waals surface area contributed by atoms with Crippen LogP contribution in [0.5, 0.6) is 0 Å². The maximum atomic E-state index is 14.9. The first kappa shape index (κ1) is 26.4. The Hall–Kier alpha value is -3.24. The summed E-state index contributed by atoms with van der Waals surface area (Å²) in [6.45, 7) is 1.82. The van der Waals surface area contributed by atoms with E-state index in [1.54, 1.807) is 24.3 Å². The Labute approximate surface area is 217 Å². The normalized spacial score (nSPS) is 18.9. The fraction of sp³-hybridized carbons (Fsp3) is 0.321. The van der Waals surface area contributed by atoms with E-state index in [0.29, 0.717) is 30.9 Å². The van der Waals surface area contributed by atoms with Gasteiger partial charge in [-0.1, -0.05) is 29.8 Å². The van der Waals surface area contributed by atoms with Gasteiger partial charge in [0.1, 0.15) is 5.82 Å². The maximum Gasteiger partial charge on any atom is 0.416 e. The molecule has 0 spiro atoms. The van der Waals surface area contributed by atoms with Crippen LogP contribution in [-0.4, -0.2) is 25.2 Å². The number of halogens is 4. The third-order valence-electron chi connectivity index (χ3n) is 7.51. The van der Waals surface area contributed by atoms with Crippen LogP contribution in [-0.2, 0) is 38.2 Å². The molecule has 1 unspecified atom stereocenters. The number of fused-ring (bicyclic) bond motifs is 1. The van der Waals surface area contributed by atoms with E-state index in [1.807, 2.05) is 6.92 Å². The van der Waals surface area contributed by atoms with Gasteiger partial charge in [0.2, 0.25) is 0 Å². The fourth-order valence-electron chi connectivity index (χ4n) is 5.18. The number of rotatable bonds is 6. The minimum absolute atomic E-state index is 0.0297. The number of hydrogen-bond acceptors (Lipinski definition) is 4. The Morgan fingerprint density at radius 3 is 2.29 bits per heavy atom. The summed E-state index contributed by atoms with van der Waals surface area (Å²) >= 11 is 0. The van der Waals surface area contributed by atoms with Crippen LogP contribution in [0.2, 0.25) is 0 Å². The number of amides is 1. The summed E-state index contributed by atoms with van der Waals surface area (Å²) in [7, 11) is -3.37. The topological polar surface area (TPSA) is 83.5 Å². The summed E-state index contributed by atoms with van der Waals surface area (Å²) in [5, 5.41) is 14.5. The van der Waals surface area contributed by atoms with Crippen molar-refractivity contribution in [1.29, 1.82) is 0 Å². The molecule has 1 atom stereocenters. The maximum absolute atomic E-state index is 14.9. The van der Waals surface area contributed by atoms with Gasteiger partial charge in [-0.25, -0.2) is 12.8 Å². The third kappa shape index (κ3) is 4.71. The van der Waals surface area contributed by atoms with Crippen molar-refractivity contribution in [2.24, 2.45) is 0 Å². The second kappa shape index (κ2) is 8.91. The lowest BCUT2D eigenvalue weighted by molar-refractivity contribution is -0.138. The highest BCUT2D eigenvalue weighted by Crippen LogP contribution is 2.56. The van der Waals surface area contributed by atoms with E-state index < -0.39 is 44.3 Å². The number of carbonyl (C=O) groups is 1. The largest absolute Gasteiger partial charge is 0.416 e. The summed E-state index contributed by atoms with van der Waals surface area (Å²) < 4.78 is 79.3. The van der Waals surface area contributed by atoms with Gasteiger partial charge < -0.3 is 10.4 Å². The summed E-state index contributed by atoms with van der Waals surface area (Å²) in [5.41, 5.74) is -2.68. The molecule has 1 aliphatic heterocycles. The first-order chi connectivity index (χ1) is 17.7. The molecule has 1 amide bonds. The molecule has 3 aromatic rings. The smallest absolute Gasteiger partial charge is 0.375 e. The Kier molecular flexibility index (Phi) is 6.18. The molecule has 0 bridgehead atoms. The molecule has 3 aromatic carbocycles. The Morgan fingerprint density at radius 1 is 1.00 bits per heavy atom. The average molecular weight is 548 g/mol. The van der Waals surface area contributed by atoms with Crippen molar-refractivity contribution in [3.8, 4) is 0 Å². The predicted octanol–water partition coefficient (Wildman–Crippen LogP) is 5.43. The quantitative estimate of drug-likeness (QED) is 0.403. The number of sulfone groups is 1.